The molecule has 1 saturated heterocycles. The van der Waals surface area contributed by atoms with Gasteiger partial charge in [0.15, 0.2) is 0 Å². The quantitative estimate of drug-likeness (QED) is 0.750. The number of anilines is 2. The number of para-hydroxylation sites is 1. The van der Waals surface area contributed by atoms with Crippen LogP contribution in [0, 0.1) is 0 Å². The van der Waals surface area contributed by atoms with Crippen molar-refractivity contribution in [2.24, 2.45) is 0 Å². The molecule has 138 valence electrons. The van der Waals surface area contributed by atoms with E-state index in [-0.39, 0.29) is 5.91 Å². The highest BCUT2D eigenvalue weighted by atomic mass is 16.3. The summed E-state index contributed by atoms with van der Waals surface area (Å²) < 4.78 is 5.31. The van der Waals surface area contributed by atoms with Gasteiger partial charge >= 0.3 is 0 Å². The smallest absolute Gasteiger partial charge is 0.253 e. The zero-order chi connectivity index (χ0) is 18.5. The number of furan rings is 1. The Hall–Kier alpha value is -3.21. The number of carbonyl (C=O) groups is 1. The van der Waals surface area contributed by atoms with Crippen LogP contribution in [0.3, 0.4) is 0 Å². The molecule has 0 bridgehead atoms. The molecular weight excluding hydrogens is 338 g/mol. The van der Waals surface area contributed by atoms with Crippen LogP contribution in [0.15, 0.2) is 77.4 Å². The van der Waals surface area contributed by atoms with E-state index < -0.39 is 0 Å². The van der Waals surface area contributed by atoms with E-state index >= 15 is 0 Å². The van der Waals surface area contributed by atoms with Gasteiger partial charge in [0, 0.05) is 43.1 Å². The molecule has 1 aliphatic heterocycles. The highest BCUT2D eigenvalue weighted by Gasteiger charge is 2.22. The summed E-state index contributed by atoms with van der Waals surface area (Å²) in [6.45, 7) is 3.83. The molecule has 1 aliphatic rings. The first-order valence-electron chi connectivity index (χ1n) is 9.25. The van der Waals surface area contributed by atoms with E-state index in [1.165, 1.54) is 5.69 Å². The van der Waals surface area contributed by atoms with Gasteiger partial charge in [-0.15, -0.1) is 0 Å². The number of hydrogen-bond acceptors (Lipinski definition) is 4. The standard InChI is InChI=1S/C22H23N3O2/c26-22(25-14-12-24(13-15-25)20-5-2-1-3-6-20)18-8-10-19(11-9-18)23-17-21-7-4-16-27-21/h1-11,16,23H,12-15,17H2. The van der Waals surface area contributed by atoms with E-state index in [1.54, 1.807) is 6.26 Å². The monoisotopic (exact) mass is 361 g/mol. The Morgan fingerprint density at radius 2 is 1.63 bits per heavy atom. The summed E-state index contributed by atoms with van der Waals surface area (Å²) >= 11 is 0. The molecule has 1 aromatic heterocycles. The van der Waals surface area contributed by atoms with Crippen LogP contribution in [-0.4, -0.2) is 37.0 Å². The minimum absolute atomic E-state index is 0.0975. The third kappa shape index (κ3) is 4.14. The van der Waals surface area contributed by atoms with Gasteiger partial charge in [-0.3, -0.25) is 4.79 Å². The maximum atomic E-state index is 12.8. The Morgan fingerprint density at radius 1 is 0.889 bits per heavy atom. The first kappa shape index (κ1) is 17.2. The zero-order valence-corrected chi connectivity index (χ0v) is 15.2. The van der Waals surface area contributed by atoms with Crippen molar-refractivity contribution >= 4 is 17.3 Å². The van der Waals surface area contributed by atoms with Crippen LogP contribution >= 0.6 is 0 Å². The van der Waals surface area contributed by atoms with Gasteiger partial charge in [0.05, 0.1) is 12.8 Å². The summed E-state index contributed by atoms with van der Waals surface area (Å²) in [4.78, 5) is 17.0. The summed E-state index contributed by atoms with van der Waals surface area (Å²) in [5.41, 5.74) is 2.92. The second-order valence-corrected chi connectivity index (χ2v) is 6.63. The van der Waals surface area contributed by atoms with Gasteiger partial charge in [-0.2, -0.15) is 0 Å². The molecule has 1 N–H and O–H groups in total. The molecule has 0 atom stereocenters. The largest absolute Gasteiger partial charge is 0.467 e. The molecule has 27 heavy (non-hydrogen) atoms. The lowest BCUT2D eigenvalue weighted by molar-refractivity contribution is 0.0747. The van der Waals surface area contributed by atoms with Crippen molar-refractivity contribution in [1.29, 1.82) is 0 Å². The Balaban J connectivity index is 1.32. The predicted molar refractivity (Wildman–Crippen MR) is 107 cm³/mol. The van der Waals surface area contributed by atoms with Crippen LogP contribution in [-0.2, 0) is 6.54 Å². The zero-order valence-electron chi connectivity index (χ0n) is 15.2. The fourth-order valence-electron chi connectivity index (χ4n) is 3.32. The van der Waals surface area contributed by atoms with E-state index in [0.717, 1.165) is 43.2 Å². The van der Waals surface area contributed by atoms with Crippen molar-refractivity contribution in [2.45, 2.75) is 6.54 Å². The molecule has 2 aromatic carbocycles. The molecule has 5 nitrogen and oxygen atoms in total. The molecular formula is C22H23N3O2. The fraction of sp³-hybridized carbons (Fsp3) is 0.227. The van der Waals surface area contributed by atoms with Gasteiger partial charge in [-0.1, -0.05) is 18.2 Å². The molecule has 2 heterocycles. The van der Waals surface area contributed by atoms with Crippen LogP contribution in [0.2, 0.25) is 0 Å². The number of hydrogen-bond donors (Lipinski definition) is 1. The Bertz CT molecular complexity index is 852. The molecule has 0 aliphatic carbocycles. The van der Waals surface area contributed by atoms with Gasteiger partial charge in [0.25, 0.3) is 5.91 Å². The van der Waals surface area contributed by atoms with Crippen LogP contribution < -0.4 is 10.2 Å². The van der Waals surface area contributed by atoms with Crippen molar-refractivity contribution in [3.05, 3.63) is 84.3 Å². The molecule has 3 aromatic rings. The number of nitrogens with zero attached hydrogens (tertiary/aromatic N) is 2. The summed E-state index contributed by atoms with van der Waals surface area (Å²) in [5, 5.41) is 3.29. The first-order valence-corrected chi connectivity index (χ1v) is 9.25. The van der Waals surface area contributed by atoms with E-state index in [2.05, 4.69) is 22.3 Å². The van der Waals surface area contributed by atoms with Crippen molar-refractivity contribution in [3.63, 3.8) is 0 Å². The van der Waals surface area contributed by atoms with E-state index in [9.17, 15) is 4.79 Å². The number of benzene rings is 2. The summed E-state index contributed by atoms with van der Waals surface area (Å²) in [6.07, 6.45) is 1.66. The average molecular weight is 361 g/mol. The van der Waals surface area contributed by atoms with Gasteiger partial charge in [0.2, 0.25) is 0 Å². The van der Waals surface area contributed by atoms with Crippen molar-refractivity contribution in [2.75, 3.05) is 36.4 Å². The third-order valence-corrected chi connectivity index (χ3v) is 4.87. The second kappa shape index (κ2) is 7.99. The van der Waals surface area contributed by atoms with Crippen molar-refractivity contribution in [1.82, 2.24) is 4.90 Å². The van der Waals surface area contributed by atoms with Gasteiger partial charge < -0.3 is 19.5 Å². The highest BCUT2D eigenvalue weighted by molar-refractivity contribution is 5.94. The molecule has 4 rings (SSSR count). The molecule has 0 unspecified atom stereocenters. The minimum Gasteiger partial charge on any atom is -0.467 e. The lowest BCUT2D eigenvalue weighted by Gasteiger charge is -2.36. The summed E-state index contributed by atoms with van der Waals surface area (Å²) in [5.74, 6) is 0.978. The van der Waals surface area contributed by atoms with Crippen LogP contribution in [0.25, 0.3) is 0 Å². The highest BCUT2D eigenvalue weighted by Crippen LogP contribution is 2.18. The third-order valence-electron chi connectivity index (χ3n) is 4.87. The van der Waals surface area contributed by atoms with Crippen LogP contribution in [0.5, 0.6) is 0 Å². The van der Waals surface area contributed by atoms with E-state index in [1.807, 2.05) is 59.5 Å². The number of amides is 1. The van der Waals surface area contributed by atoms with Crippen LogP contribution in [0.1, 0.15) is 16.1 Å². The SMILES string of the molecule is O=C(c1ccc(NCc2ccco2)cc1)N1CCN(c2ccccc2)CC1. The Kier molecular flexibility index (Phi) is 5.10. The maximum absolute atomic E-state index is 12.8. The first-order chi connectivity index (χ1) is 13.3. The van der Waals surface area contributed by atoms with Gasteiger partial charge in [-0.25, -0.2) is 0 Å². The Labute approximate surface area is 159 Å². The van der Waals surface area contributed by atoms with Crippen molar-refractivity contribution in [3.8, 4) is 0 Å². The molecule has 0 radical (unpaired) electrons. The summed E-state index contributed by atoms with van der Waals surface area (Å²) in [6, 6.07) is 21.8. The van der Waals surface area contributed by atoms with E-state index in [0.29, 0.717) is 6.54 Å². The number of piperazine rings is 1. The Morgan fingerprint density at radius 3 is 2.30 bits per heavy atom. The van der Waals surface area contributed by atoms with Crippen molar-refractivity contribution < 1.29 is 9.21 Å². The van der Waals surface area contributed by atoms with Gasteiger partial charge in [0.1, 0.15) is 5.76 Å². The van der Waals surface area contributed by atoms with E-state index in [4.69, 9.17) is 4.42 Å². The fourth-order valence-corrected chi connectivity index (χ4v) is 3.32. The van der Waals surface area contributed by atoms with Crippen LogP contribution in [0.4, 0.5) is 11.4 Å². The topological polar surface area (TPSA) is 48.7 Å². The maximum Gasteiger partial charge on any atom is 0.253 e. The molecule has 1 fully saturated rings. The lowest BCUT2D eigenvalue weighted by atomic mass is 10.1. The average Bonchev–Trinajstić information content (AvgIpc) is 3.27. The second-order valence-electron chi connectivity index (χ2n) is 6.63. The predicted octanol–water partition coefficient (Wildman–Crippen LogP) is 3.85. The summed E-state index contributed by atoms with van der Waals surface area (Å²) in [7, 11) is 0. The molecule has 0 spiro atoms. The number of nitrogens with one attached hydrogen (secondary N) is 1. The van der Waals surface area contributed by atoms with Gasteiger partial charge in [-0.05, 0) is 48.5 Å². The normalized spacial score (nSPS) is 14.2. The molecule has 0 saturated carbocycles. The molecule has 5 heteroatoms. The minimum atomic E-state index is 0.0975. The number of rotatable bonds is 5. The molecule has 1 amide bonds. The lowest BCUT2D eigenvalue weighted by Crippen LogP contribution is -2.48. The number of carbonyl (C=O) groups excluding carboxylic acids is 1.